The van der Waals surface area contributed by atoms with Gasteiger partial charge in [0.25, 0.3) is 0 Å². The third-order valence-electron chi connectivity index (χ3n) is 5.27. The normalized spacial score (nSPS) is 15.5. The van der Waals surface area contributed by atoms with Crippen molar-refractivity contribution < 1.29 is 14.3 Å². The molecule has 8 heteroatoms. The van der Waals surface area contributed by atoms with Crippen LogP contribution in [0.5, 0.6) is 0 Å². The zero-order valence-corrected chi connectivity index (χ0v) is 17.2. The number of aryl methyl sites for hydroxylation is 1. The molecule has 4 rings (SSSR count). The topological polar surface area (TPSA) is 93.5 Å². The lowest BCUT2D eigenvalue weighted by atomic mass is 9.89. The molecule has 0 unspecified atom stereocenters. The Labute approximate surface area is 173 Å². The van der Waals surface area contributed by atoms with Gasteiger partial charge in [0.1, 0.15) is 11.3 Å². The third kappa shape index (κ3) is 4.22. The molecule has 29 heavy (non-hydrogen) atoms. The molecule has 0 radical (unpaired) electrons. The maximum absolute atomic E-state index is 11.0. The zero-order chi connectivity index (χ0) is 20.2. The molecule has 0 aliphatic heterocycles. The fourth-order valence-electron chi connectivity index (χ4n) is 3.85. The number of furan rings is 1. The summed E-state index contributed by atoms with van der Waals surface area (Å²) in [7, 11) is 0. The lowest BCUT2D eigenvalue weighted by Gasteiger charge is -2.20. The van der Waals surface area contributed by atoms with Gasteiger partial charge in [-0.1, -0.05) is 56.1 Å². The highest BCUT2D eigenvalue weighted by atomic mass is 32.2. The lowest BCUT2D eigenvalue weighted by Crippen LogP contribution is -2.11. The molecule has 3 aromatic rings. The fraction of sp³-hybridized carbons (Fsp3) is 0.429. The second-order valence-corrected chi connectivity index (χ2v) is 8.15. The van der Waals surface area contributed by atoms with Crippen LogP contribution in [0.4, 0.5) is 0 Å². The largest absolute Gasteiger partial charge is 0.481 e. The molecule has 0 saturated heterocycles. The highest BCUT2D eigenvalue weighted by molar-refractivity contribution is 7.99. The summed E-state index contributed by atoms with van der Waals surface area (Å²) in [5.41, 5.74) is 1.78. The number of benzene rings is 1. The molecule has 1 aliphatic carbocycles. The second kappa shape index (κ2) is 8.82. The van der Waals surface area contributed by atoms with Crippen LogP contribution in [-0.4, -0.2) is 37.9 Å². The minimum absolute atomic E-state index is 0.0762. The molecule has 1 aliphatic rings. The van der Waals surface area contributed by atoms with E-state index >= 15 is 0 Å². The quantitative estimate of drug-likeness (QED) is 0.447. The molecule has 7 nitrogen and oxygen atoms in total. The number of aliphatic carboxylic acids is 1. The number of hydrogen-bond donors (Lipinski definition) is 1. The van der Waals surface area contributed by atoms with Crippen LogP contribution in [0.2, 0.25) is 0 Å². The van der Waals surface area contributed by atoms with Crippen molar-refractivity contribution in [2.75, 3.05) is 5.75 Å². The van der Waals surface area contributed by atoms with Gasteiger partial charge >= 0.3 is 5.97 Å². The molecule has 1 aromatic carbocycles. The van der Waals surface area contributed by atoms with Crippen molar-refractivity contribution >= 4 is 34.9 Å². The van der Waals surface area contributed by atoms with Crippen molar-refractivity contribution in [2.24, 2.45) is 5.10 Å². The van der Waals surface area contributed by atoms with E-state index in [1.54, 1.807) is 10.9 Å². The van der Waals surface area contributed by atoms with E-state index in [4.69, 9.17) is 14.6 Å². The summed E-state index contributed by atoms with van der Waals surface area (Å²) in [5, 5.41) is 23.9. The third-order valence-corrected chi connectivity index (χ3v) is 6.17. The first kappa shape index (κ1) is 19.7. The van der Waals surface area contributed by atoms with Crippen molar-refractivity contribution in [1.82, 2.24) is 14.9 Å². The minimum Gasteiger partial charge on any atom is -0.481 e. The van der Waals surface area contributed by atoms with E-state index in [0.29, 0.717) is 11.1 Å². The molecular weight excluding hydrogens is 388 g/mol. The van der Waals surface area contributed by atoms with Gasteiger partial charge in [-0.3, -0.25) is 4.79 Å². The van der Waals surface area contributed by atoms with Gasteiger partial charge in [-0.25, -0.2) is 0 Å². The van der Waals surface area contributed by atoms with Crippen LogP contribution in [0, 0.1) is 0 Å². The Bertz CT molecular complexity index is 1030. The highest BCUT2D eigenvalue weighted by Gasteiger charge is 2.24. The van der Waals surface area contributed by atoms with E-state index in [1.807, 2.05) is 24.3 Å². The molecule has 1 N–H and O–H groups in total. The van der Waals surface area contributed by atoms with Crippen molar-refractivity contribution in [3.63, 3.8) is 0 Å². The Morgan fingerprint density at radius 3 is 2.86 bits per heavy atom. The van der Waals surface area contributed by atoms with Crippen LogP contribution in [0.1, 0.15) is 62.1 Å². The Morgan fingerprint density at radius 2 is 2.10 bits per heavy atom. The Kier molecular flexibility index (Phi) is 5.99. The summed E-state index contributed by atoms with van der Waals surface area (Å²) in [6.45, 7) is 2.05. The Morgan fingerprint density at radius 1 is 1.31 bits per heavy atom. The maximum atomic E-state index is 11.0. The number of carbonyl (C=O) groups is 1. The molecule has 0 bridgehead atoms. The Balaban J connectivity index is 1.73. The number of fused-ring (bicyclic) bond motifs is 1. The van der Waals surface area contributed by atoms with Crippen LogP contribution in [0.25, 0.3) is 11.0 Å². The summed E-state index contributed by atoms with van der Waals surface area (Å²) in [6, 6.07) is 7.91. The maximum Gasteiger partial charge on any atom is 0.313 e. The first-order valence-electron chi connectivity index (χ1n) is 10.0. The van der Waals surface area contributed by atoms with Gasteiger partial charge in [0.2, 0.25) is 5.16 Å². The van der Waals surface area contributed by atoms with Crippen molar-refractivity contribution in [1.29, 1.82) is 0 Å². The predicted octanol–water partition coefficient (Wildman–Crippen LogP) is 4.69. The van der Waals surface area contributed by atoms with E-state index in [0.717, 1.165) is 59.1 Å². The first-order chi connectivity index (χ1) is 14.2. The summed E-state index contributed by atoms with van der Waals surface area (Å²) in [4.78, 5) is 11.0. The number of para-hydroxylation sites is 1. The number of carboxylic acid groups (broad SMARTS) is 1. The number of nitrogens with zero attached hydrogens (tertiary/aromatic N) is 4. The lowest BCUT2D eigenvalue weighted by molar-refractivity contribution is -0.133. The van der Waals surface area contributed by atoms with Crippen LogP contribution in [-0.2, 0) is 11.2 Å². The van der Waals surface area contributed by atoms with E-state index in [2.05, 4.69) is 17.1 Å². The fourth-order valence-corrected chi connectivity index (χ4v) is 4.47. The highest BCUT2D eigenvalue weighted by Crippen LogP contribution is 2.33. The van der Waals surface area contributed by atoms with Crippen LogP contribution in [0.15, 0.2) is 38.9 Å². The molecular formula is C21H24N4O3S. The van der Waals surface area contributed by atoms with Gasteiger partial charge in [0.05, 0.1) is 12.0 Å². The average molecular weight is 413 g/mol. The van der Waals surface area contributed by atoms with Gasteiger partial charge in [0, 0.05) is 23.3 Å². The standard InChI is InChI=1S/C21H24N4O3S/c1-2-17-16(15-10-6-7-11-18(15)28-17)12-22-25-20(14-8-4-3-5-9-14)23-24-21(25)29-13-19(26)27/h6-7,10-12,14H,2-5,8-9,13H2,1H3,(H,26,27)/b22-12-. The molecule has 2 heterocycles. The smallest absolute Gasteiger partial charge is 0.313 e. The molecule has 1 fully saturated rings. The minimum atomic E-state index is -0.887. The van der Waals surface area contributed by atoms with Crippen molar-refractivity contribution in [3.05, 3.63) is 41.4 Å². The van der Waals surface area contributed by atoms with E-state index < -0.39 is 5.97 Å². The van der Waals surface area contributed by atoms with Crippen LogP contribution >= 0.6 is 11.8 Å². The zero-order valence-electron chi connectivity index (χ0n) is 16.4. The Hall–Kier alpha value is -2.61. The van der Waals surface area contributed by atoms with Crippen molar-refractivity contribution in [2.45, 2.75) is 56.5 Å². The van der Waals surface area contributed by atoms with Crippen LogP contribution < -0.4 is 0 Å². The molecule has 0 amide bonds. The summed E-state index contributed by atoms with van der Waals surface area (Å²) in [5.74, 6) is 1.04. The van der Waals surface area contributed by atoms with Gasteiger partial charge < -0.3 is 9.52 Å². The monoisotopic (exact) mass is 412 g/mol. The summed E-state index contributed by atoms with van der Waals surface area (Å²) >= 11 is 1.14. The molecule has 1 saturated carbocycles. The van der Waals surface area contributed by atoms with Crippen LogP contribution in [0.3, 0.4) is 0 Å². The number of thioether (sulfide) groups is 1. The van der Waals surface area contributed by atoms with Crippen molar-refractivity contribution in [3.8, 4) is 0 Å². The molecule has 152 valence electrons. The number of hydrogen-bond acceptors (Lipinski definition) is 6. The number of rotatable bonds is 7. The number of carboxylic acids is 1. The van der Waals surface area contributed by atoms with Gasteiger partial charge in [-0.05, 0) is 18.9 Å². The predicted molar refractivity (Wildman–Crippen MR) is 113 cm³/mol. The van der Waals surface area contributed by atoms with E-state index in [9.17, 15) is 4.79 Å². The van der Waals surface area contributed by atoms with Gasteiger partial charge in [-0.15, -0.1) is 10.2 Å². The molecule has 2 aromatic heterocycles. The average Bonchev–Trinajstić information content (AvgIpc) is 3.32. The first-order valence-corrected chi connectivity index (χ1v) is 11.0. The summed E-state index contributed by atoms with van der Waals surface area (Å²) in [6.07, 6.45) is 8.27. The van der Waals surface area contributed by atoms with E-state index in [1.165, 1.54) is 19.3 Å². The second-order valence-electron chi connectivity index (χ2n) is 7.20. The molecule has 0 atom stereocenters. The van der Waals surface area contributed by atoms with Gasteiger partial charge in [-0.2, -0.15) is 9.78 Å². The van der Waals surface area contributed by atoms with E-state index in [-0.39, 0.29) is 5.75 Å². The SMILES string of the molecule is CCc1oc2ccccc2c1/C=N\n1c(SCC(=O)O)nnc1C1CCCCC1. The summed E-state index contributed by atoms with van der Waals surface area (Å²) < 4.78 is 7.69. The van der Waals surface area contributed by atoms with Gasteiger partial charge in [0.15, 0.2) is 5.82 Å². The number of aromatic nitrogens is 3. The molecule has 0 spiro atoms.